The summed E-state index contributed by atoms with van der Waals surface area (Å²) >= 11 is 0. The van der Waals surface area contributed by atoms with E-state index in [0.29, 0.717) is 18.2 Å². The van der Waals surface area contributed by atoms with E-state index in [0.717, 1.165) is 43.6 Å². The van der Waals surface area contributed by atoms with Gasteiger partial charge in [0.25, 0.3) is 5.91 Å². The fourth-order valence-corrected chi connectivity index (χ4v) is 4.30. The molecule has 1 amide bonds. The van der Waals surface area contributed by atoms with Gasteiger partial charge in [0.2, 0.25) is 0 Å². The molecule has 0 radical (unpaired) electrons. The number of aromatic hydroxyl groups is 1. The molecule has 164 valence electrons. The predicted octanol–water partition coefficient (Wildman–Crippen LogP) is 5.22. The van der Waals surface area contributed by atoms with Gasteiger partial charge in [-0.05, 0) is 60.2 Å². The van der Waals surface area contributed by atoms with Gasteiger partial charge in [-0.1, -0.05) is 72.8 Å². The molecule has 2 N–H and O–H groups in total. The summed E-state index contributed by atoms with van der Waals surface area (Å²) in [6.07, 6.45) is 6.02. The van der Waals surface area contributed by atoms with Crippen molar-refractivity contribution in [3.05, 3.63) is 107 Å². The number of carbonyl (C=O) groups excluding carboxylic acids is 1. The van der Waals surface area contributed by atoms with Crippen LogP contribution in [0.15, 0.2) is 84.9 Å². The van der Waals surface area contributed by atoms with E-state index in [1.54, 1.807) is 6.07 Å². The number of amides is 1. The minimum absolute atomic E-state index is 0.0163. The first-order valence-corrected chi connectivity index (χ1v) is 11.3. The molecule has 0 bridgehead atoms. The first-order valence-electron chi connectivity index (χ1n) is 11.3. The van der Waals surface area contributed by atoms with E-state index in [9.17, 15) is 9.90 Å². The van der Waals surface area contributed by atoms with Gasteiger partial charge in [0.1, 0.15) is 5.75 Å². The van der Waals surface area contributed by atoms with Crippen molar-refractivity contribution < 1.29 is 9.90 Å². The Hall–Kier alpha value is -3.37. The summed E-state index contributed by atoms with van der Waals surface area (Å²) in [6, 6.07) is 25.6. The van der Waals surface area contributed by atoms with Gasteiger partial charge in [0.05, 0.1) is 0 Å². The lowest BCUT2D eigenvalue weighted by molar-refractivity contribution is 0.0952. The Morgan fingerprint density at radius 3 is 2.69 bits per heavy atom. The van der Waals surface area contributed by atoms with Crippen molar-refractivity contribution in [2.75, 3.05) is 19.6 Å². The van der Waals surface area contributed by atoms with E-state index in [1.807, 2.05) is 54.6 Å². The number of rotatable bonds is 8. The van der Waals surface area contributed by atoms with Crippen molar-refractivity contribution in [1.82, 2.24) is 10.2 Å². The van der Waals surface area contributed by atoms with Crippen LogP contribution in [0.2, 0.25) is 0 Å². The maximum atomic E-state index is 12.8. The van der Waals surface area contributed by atoms with Gasteiger partial charge < -0.3 is 10.4 Å². The summed E-state index contributed by atoms with van der Waals surface area (Å²) in [4.78, 5) is 15.2. The largest absolute Gasteiger partial charge is 0.508 e. The summed E-state index contributed by atoms with van der Waals surface area (Å²) < 4.78 is 0. The number of hydrogen-bond acceptors (Lipinski definition) is 3. The Morgan fingerprint density at radius 2 is 1.84 bits per heavy atom. The quantitative estimate of drug-likeness (QED) is 0.486. The molecular formula is C28H30N2O2. The smallest absolute Gasteiger partial charge is 0.251 e. The highest BCUT2D eigenvalue weighted by molar-refractivity contribution is 5.95. The van der Waals surface area contributed by atoms with Crippen LogP contribution in [0.3, 0.4) is 0 Å². The second kappa shape index (κ2) is 10.8. The van der Waals surface area contributed by atoms with E-state index in [-0.39, 0.29) is 5.91 Å². The van der Waals surface area contributed by atoms with Crippen LogP contribution in [-0.2, 0) is 6.54 Å². The first-order chi connectivity index (χ1) is 15.7. The highest BCUT2D eigenvalue weighted by Gasteiger charge is 2.25. The number of nitrogens with zero attached hydrogens (tertiary/aromatic N) is 1. The lowest BCUT2D eigenvalue weighted by atomic mass is 9.98. The van der Waals surface area contributed by atoms with Crippen LogP contribution in [-0.4, -0.2) is 35.5 Å². The van der Waals surface area contributed by atoms with Gasteiger partial charge in [-0.15, -0.1) is 0 Å². The Balaban J connectivity index is 1.30. The zero-order valence-corrected chi connectivity index (χ0v) is 18.3. The second-order valence-corrected chi connectivity index (χ2v) is 8.33. The summed E-state index contributed by atoms with van der Waals surface area (Å²) in [5, 5.41) is 12.8. The van der Waals surface area contributed by atoms with Crippen LogP contribution in [0.25, 0.3) is 6.08 Å². The third kappa shape index (κ3) is 5.86. The molecule has 1 unspecified atom stereocenters. The standard InChI is InChI=1S/C28H30N2O2/c31-26-14-8-13-23(19-26)24-16-18-30(20-24)21-25-12-4-5-15-27(25)28(32)29-17-7-6-11-22-9-2-1-3-10-22/h1-6,8-15,19,24,31H,7,16-18,20-21H2,(H,29,32). The molecular weight excluding hydrogens is 396 g/mol. The predicted molar refractivity (Wildman–Crippen MR) is 130 cm³/mol. The number of likely N-dealkylation sites (tertiary alicyclic amines) is 1. The molecule has 0 saturated carbocycles. The number of phenolic OH excluding ortho intramolecular Hbond substituents is 1. The fraction of sp³-hybridized carbons (Fsp3) is 0.250. The Morgan fingerprint density at radius 1 is 1.03 bits per heavy atom. The lowest BCUT2D eigenvalue weighted by Crippen LogP contribution is -2.27. The zero-order chi connectivity index (χ0) is 22.2. The van der Waals surface area contributed by atoms with Crippen molar-refractivity contribution >= 4 is 12.0 Å². The highest BCUT2D eigenvalue weighted by atomic mass is 16.3. The molecule has 0 aromatic heterocycles. The van der Waals surface area contributed by atoms with Crippen molar-refractivity contribution in [2.24, 2.45) is 0 Å². The average molecular weight is 427 g/mol. The number of carbonyl (C=O) groups is 1. The van der Waals surface area contributed by atoms with Crippen LogP contribution in [0.1, 0.15) is 45.8 Å². The number of phenols is 1. The molecule has 0 aliphatic carbocycles. The highest BCUT2D eigenvalue weighted by Crippen LogP contribution is 2.30. The number of benzene rings is 3. The Bertz CT molecular complexity index is 1060. The van der Waals surface area contributed by atoms with Crippen LogP contribution >= 0.6 is 0 Å². The summed E-state index contributed by atoms with van der Waals surface area (Å²) in [5.41, 5.74) is 4.16. The van der Waals surface area contributed by atoms with Crippen molar-refractivity contribution in [3.8, 4) is 5.75 Å². The van der Waals surface area contributed by atoms with E-state index in [1.165, 1.54) is 11.1 Å². The zero-order valence-electron chi connectivity index (χ0n) is 18.3. The van der Waals surface area contributed by atoms with Crippen LogP contribution in [0.5, 0.6) is 5.75 Å². The monoisotopic (exact) mass is 426 g/mol. The van der Waals surface area contributed by atoms with Gasteiger partial charge >= 0.3 is 0 Å². The maximum Gasteiger partial charge on any atom is 0.251 e. The molecule has 4 heteroatoms. The lowest BCUT2D eigenvalue weighted by Gasteiger charge is -2.18. The molecule has 4 nitrogen and oxygen atoms in total. The minimum Gasteiger partial charge on any atom is -0.508 e. The third-order valence-electron chi connectivity index (χ3n) is 5.98. The Labute approximate surface area is 190 Å². The van der Waals surface area contributed by atoms with Crippen LogP contribution in [0.4, 0.5) is 0 Å². The fourth-order valence-electron chi connectivity index (χ4n) is 4.30. The van der Waals surface area contributed by atoms with E-state index in [2.05, 4.69) is 40.6 Å². The SMILES string of the molecule is O=C(NCCC=Cc1ccccc1)c1ccccc1CN1CCC(c2cccc(O)c2)C1. The van der Waals surface area contributed by atoms with Gasteiger partial charge in [-0.3, -0.25) is 9.69 Å². The maximum absolute atomic E-state index is 12.8. The molecule has 1 fully saturated rings. The molecule has 1 aliphatic heterocycles. The first kappa shape index (κ1) is 21.8. The van der Waals surface area contributed by atoms with Crippen molar-refractivity contribution in [3.63, 3.8) is 0 Å². The van der Waals surface area contributed by atoms with E-state index >= 15 is 0 Å². The normalized spacial score (nSPS) is 16.4. The van der Waals surface area contributed by atoms with Gasteiger partial charge in [-0.2, -0.15) is 0 Å². The topological polar surface area (TPSA) is 52.6 Å². The molecule has 1 atom stereocenters. The number of nitrogens with one attached hydrogen (secondary N) is 1. The average Bonchev–Trinajstić information content (AvgIpc) is 3.28. The third-order valence-corrected chi connectivity index (χ3v) is 5.98. The summed E-state index contributed by atoms with van der Waals surface area (Å²) in [7, 11) is 0. The molecule has 1 aliphatic rings. The summed E-state index contributed by atoms with van der Waals surface area (Å²) in [5.74, 6) is 0.721. The Kier molecular flexibility index (Phi) is 7.36. The van der Waals surface area contributed by atoms with Gasteiger partial charge in [0, 0.05) is 25.2 Å². The van der Waals surface area contributed by atoms with Crippen molar-refractivity contribution in [2.45, 2.75) is 25.3 Å². The van der Waals surface area contributed by atoms with Crippen molar-refractivity contribution in [1.29, 1.82) is 0 Å². The van der Waals surface area contributed by atoms with E-state index in [4.69, 9.17) is 0 Å². The van der Waals surface area contributed by atoms with Crippen LogP contribution in [0, 0.1) is 0 Å². The van der Waals surface area contributed by atoms with Gasteiger partial charge in [-0.25, -0.2) is 0 Å². The number of hydrogen-bond donors (Lipinski definition) is 2. The molecule has 4 rings (SSSR count). The molecule has 1 heterocycles. The summed E-state index contributed by atoms with van der Waals surface area (Å²) in [6.45, 7) is 3.29. The molecule has 3 aromatic carbocycles. The second-order valence-electron chi connectivity index (χ2n) is 8.33. The van der Waals surface area contributed by atoms with E-state index < -0.39 is 0 Å². The van der Waals surface area contributed by atoms with Gasteiger partial charge in [0.15, 0.2) is 0 Å². The minimum atomic E-state index is -0.0163. The molecule has 1 saturated heterocycles. The molecule has 3 aromatic rings. The molecule has 32 heavy (non-hydrogen) atoms. The molecule has 0 spiro atoms. The van der Waals surface area contributed by atoms with Crippen LogP contribution < -0.4 is 5.32 Å².